The Kier molecular flexibility index (Phi) is 3.71. The molecule has 1 N–H and O–H groups in total. The van der Waals surface area contributed by atoms with Crippen LogP contribution in [0.1, 0.15) is 26.3 Å². The van der Waals surface area contributed by atoms with Gasteiger partial charge in [-0.3, -0.25) is 4.79 Å². The summed E-state index contributed by atoms with van der Waals surface area (Å²) in [4.78, 5) is 17.2. The minimum Gasteiger partial charge on any atom is -0.302 e. The lowest BCUT2D eigenvalue weighted by Crippen LogP contribution is -2.27. The van der Waals surface area contributed by atoms with Crippen molar-refractivity contribution in [2.24, 2.45) is 5.41 Å². The molecule has 0 aliphatic heterocycles. The van der Waals surface area contributed by atoms with Crippen LogP contribution in [-0.4, -0.2) is 10.9 Å². The summed E-state index contributed by atoms with van der Waals surface area (Å²) in [7, 11) is 0. The highest BCUT2D eigenvalue weighted by Crippen LogP contribution is 2.30. The summed E-state index contributed by atoms with van der Waals surface area (Å²) in [5.41, 5.74) is 1.94. The molecule has 19 heavy (non-hydrogen) atoms. The van der Waals surface area contributed by atoms with Crippen LogP contribution in [0.4, 0.5) is 5.13 Å². The highest BCUT2D eigenvalue weighted by Gasteiger charge is 2.22. The highest BCUT2D eigenvalue weighted by atomic mass is 32.1. The van der Waals surface area contributed by atoms with Crippen LogP contribution < -0.4 is 5.32 Å². The van der Waals surface area contributed by atoms with Gasteiger partial charge in [-0.05, 0) is 12.5 Å². The van der Waals surface area contributed by atoms with Gasteiger partial charge >= 0.3 is 0 Å². The molecule has 1 heterocycles. The van der Waals surface area contributed by atoms with Gasteiger partial charge in [0.2, 0.25) is 5.91 Å². The number of nitrogens with one attached hydrogen (secondary N) is 1. The quantitative estimate of drug-likeness (QED) is 0.895. The molecule has 0 saturated carbocycles. The van der Waals surface area contributed by atoms with Gasteiger partial charge in [0.05, 0.1) is 4.88 Å². The molecular weight excluding hydrogens is 256 g/mol. The number of carbonyl (C=O) groups excluding carboxylic acids is 1. The summed E-state index contributed by atoms with van der Waals surface area (Å²) in [6.45, 7) is 7.72. The average Bonchev–Trinajstić information content (AvgIpc) is 2.76. The van der Waals surface area contributed by atoms with Crippen LogP contribution in [-0.2, 0) is 4.79 Å². The van der Waals surface area contributed by atoms with Crippen LogP contribution >= 0.6 is 11.3 Å². The van der Waals surface area contributed by atoms with Crippen molar-refractivity contribution in [2.75, 3.05) is 5.32 Å². The fraction of sp³-hybridized carbons (Fsp3) is 0.333. The maximum atomic E-state index is 11.9. The number of carbonyl (C=O) groups is 1. The van der Waals surface area contributed by atoms with Gasteiger partial charge in [-0.25, -0.2) is 4.98 Å². The Hall–Kier alpha value is -1.68. The second-order valence-corrected chi connectivity index (χ2v) is 6.63. The molecule has 4 heteroatoms. The summed E-state index contributed by atoms with van der Waals surface area (Å²) in [5.74, 6) is -0.0161. The van der Waals surface area contributed by atoms with E-state index >= 15 is 0 Å². The Morgan fingerprint density at radius 3 is 2.68 bits per heavy atom. The number of rotatable bonds is 2. The number of nitrogens with zero attached hydrogens (tertiary/aromatic N) is 1. The molecule has 0 radical (unpaired) electrons. The van der Waals surface area contributed by atoms with E-state index in [0.29, 0.717) is 5.13 Å². The van der Waals surface area contributed by atoms with E-state index in [1.54, 1.807) is 6.20 Å². The predicted molar refractivity (Wildman–Crippen MR) is 80.4 cm³/mol. The van der Waals surface area contributed by atoms with Crippen molar-refractivity contribution < 1.29 is 4.79 Å². The first-order valence-corrected chi connectivity index (χ1v) is 7.02. The molecule has 3 nitrogen and oxygen atoms in total. The molecular formula is C15H18N2OS. The maximum Gasteiger partial charge on any atom is 0.231 e. The van der Waals surface area contributed by atoms with Gasteiger partial charge in [0, 0.05) is 11.6 Å². The third-order valence-electron chi connectivity index (χ3n) is 2.71. The van der Waals surface area contributed by atoms with Crippen molar-refractivity contribution in [3.05, 3.63) is 36.0 Å². The van der Waals surface area contributed by atoms with E-state index in [2.05, 4.69) is 35.4 Å². The van der Waals surface area contributed by atoms with E-state index in [-0.39, 0.29) is 5.91 Å². The smallest absolute Gasteiger partial charge is 0.231 e. The van der Waals surface area contributed by atoms with Gasteiger partial charge in [0.25, 0.3) is 0 Å². The number of aromatic nitrogens is 1. The fourth-order valence-electron chi connectivity index (χ4n) is 1.55. The molecule has 0 aliphatic rings. The summed E-state index contributed by atoms with van der Waals surface area (Å²) < 4.78 is 0. The summed E-state index contributed by atoms with van der Waals surface area (Å²) in [6, 6.07) is 8.25. The molecule has 100 valence electrons. The Morgan fingerprint density at radius 2 is 2.05 bits per heavy atom. The van der Waals surface area contributed by atoms with Crippen LogP contribution in [0, 0.1) is 12.3 Å². The Balaban J connectivity index is 2.18. The molecule has 2 rings (SSSR count). The lowest BCUT2D eigenvalue weighted by molar-refractivity contribution is -0.123. The first kappa shape index (κ1) is 13.7. The van der Waals surface area contributed by atoms with Gasteiger partial charge < -0.3 is 5.32 Å². The van der Waals surface area contributed by atoms with E-state index < -0.39 is 5.41 Å². The summed E-state index contributed by atoms with van der Waals surface area (Å²) >= 11 is 1.50. The van der Waals surface area contributed by atoms with Crippen molar-refractivity contribution in [1.82, 2.24) is 4.98 Å². The number of thiazole rings is 1. The normalized spacial score (nSPS) is 11.4. The van der Waals surface area contributed by atoms with Crippen molar-refractivity contribution in [2.45, 2.75) is 27.7 Å². The number of hydrogen-bond donors (Lipinski definition) is 1. The topological polar surface area (TPSA) is 42.0 Å². The van der Waals surface area contributed by atoms with Crippen LogP contribution in [0.15, 0.2) is 30.5 Å². The van der Waals surface area contributed by atoms with Gasteiger partial charge in [0.1, 0.15) is 0 Å². The molecule has 1 aromatic heterocycles. The van der Waals surface area contributed by atoms with Gasteiger partial charge in [-0.2, -0.15) is 0 Å². The average molecular weight is 274 g/mol. The lowest BCUT2D eigenvalue weighted by atomic mass is 9.96. The van der Waals surface area contributed by atoms with Crippen molar-refractivity contribution in [3.8, 4) is 10.4 Å². The molecule has 0 unspecified atom stereocenters. The molecule has 1 aromatic carbocycles. The first-order valence-electron chi connectivity index (χ1n) is 6.20. The Labute approximate surface area is 117 Å². The zero-order chi connectivity index (χ0) is 14.0. The fourth-order valence-corrected chi connectivity index (χ4v) is 2.36. The monoisotopic (exact) mass is 274 g/mol. The Morgan fingerprint density at radius 1 is 1.32 bits per heavy atom. The van der Waals surface area contributed by atoms with E-state index in [0.717, 1.165) is 10.4 Å². The molecule has 0 atom stereocenters. The third-order valence-corrected chi connectivity index (χ3v) is 3.67. The molecule has 0 fully saturated rings. The summed E-state index contributed by atoms with van der Waals surface area (Å²) in [6.07, 6.45) is 1.80. The second-order valence-electron chi connectivity index (χ2n) is 5.60. The Bertz CT molecular complexity index is 596. The minimum atomic E-state index is -0.408. The highest BCUT2D eigenvalue weighted by molar-refractivity contribution is 7.19. The van der Waals surface area contributed by atoms with Crippen LogP contribution in [0.5, 0.6) is 0 Å². The number of amides is 1. The number of benzene rings is 1. The van der Waals surface area contributed by atoms with Gasteiger partial charge in [-0.15, -0.1) is 0 Å². The second kappa shape index (κ2) is 5.13. The first-order chi connectivity index (χ1) is 8.86. The zero-order valence-electron chi connectivity index (χ0n) is 11.7. The molecule has 0 bridgehead atoms. The largest absolute Gasteiger partial charge is 0.302 e. The number of anilines is 1. The minimum absolute atomic E-state index is 0.0161. The number of aryl methyl sites for hydroxylation is 1. The standard InChI is InChI=1S/C15H18N2OS/c1-10-6-5-7-11(8-10)12-9-16-14(19-12)17-13(18)15(2,3)4/h5-9H,1-4H3,(H,16,17,18). The van der Waals surface area contributed by atoms with Gasteiger partial charge in [0.15, 0.2) is 5.13 Å². The molecule has 0 aliphatic carbocycles. The zero-order valence-corrected chi connectivity index (χ0v) is 12.5. The molecule has 0 spiro atoms. The SMILES string of the molecule is Cc1cccc(-c2cnc(NC(=O)C(C)(C)C)s2)c1. The predicted octanol–water partition coefficient (Wildman–Crippen LogP) is 4.10. The molecule has 0 saturated heterocycles. The van der Waals surface area contributed by atoms with Crippen molar-refractivity contribution in [1.29, 1.82) is 0 Å². The lowest BCUT2D eigenvalue weighted by Gasteiger charge is -2.15. The number of hydrogen-bond acceptors (Lipinski definition) is 3. The maximum absolute atomic E-state index is 11.9. The molecule has 2 aromatic rings. The van der Waals surface area contributed by atoms with E-state index in [4.69, 9.17) is 0 Å². The van der Waals surface area contributed by atoms with Crippen molar-refractivity contribution in [3.63, 3.8) is 0 Å². The van der Waals surface area contributed by atoms with Crippen molar-refractivity contribution >= 4 is 22.4 Å². The van der Waals surface area contributed by atoms with E-state index in [9.17, 15) is 4.79 Å². The third kappa shape index (κ3) is 3.41. The van der Waals surface area contributed by atoms with Gasteiger partial charge in [-0.1, -0.05) is 61.9 Å². The van der Waals surface area contributed by atoms with E-state index in [1.807, 2.05) is 26.8 Å². The summed E-state index contributed by atoms with van der Waals surface area (Å²) in [5, 5.41) is 3.50. The molecule has 1 amide bonds. The van der Waals surface area contributed by atoms with Crippen LogP contribution in [0.3, 0.4) is 0 Å². The van der Waals surface area contributed by atoms with E-state index in [1.165, 1.54) is 16.9 Å². The van der Waals surface area contributed by atoms with Crippen LogP contribution in [0.25, 0.3) is 10.4 Å². The van der Waals surface area contributed by atoms with Crippen LogP contribution in [0.2, 0.25) is 0 Å².